The number of nitrogens with zero attached hydrogens (tertiary/aromatic N) is 3. The largest absolute Gasteiger partial charge is 0.415 e. The van der Waals surface area contributed by atoms with Crippen molar-refractivity contribution in [3.05, 3.63) is 59.9 Å². The number of rotatable bonds is 8. The maximum Gasteiger partial charge on any atom is 0.388 e. The number of urea groups is 1. The SMILES string of the molecule is C=C(C)N1CCC1CN(C(=O)Nc1ccc(C)nc1OC(F)F)c1ccccc1C(C)C. The zero-order valence-electron chi connectivity index (χ0n) is 18.9. The Morgan fingerprint density at radius 1 is 1.31 bits per heavy atom. The molecule has 0 aliphatic carbocycles. The number of hydrogen-bond donors (Lipinski definition) is 1. The van der Waals surface area contributed by atoms with Crippen molar-refractivity contribution in [1.82, 2.24) is 9.88 Å². The fourth-order valence-electron chi connectivity index (χ4n) is 3.84. The van der Waals surface area contributed by atoms with Gasteiger partial charge in [0.1, 0.15) is 5.69 Å². The van der Waals surface area contributed by atoms with Gasteiger partial charge in [-0.05, 0) is 49.9 Å². The Kier molecular flexibility index (Phi) is 7.33. The number of para-hydroxylation sites is 1. The molecule has 1 aliphatic heterocycles. The molecule has 1 aromatic carbocycles. The van der Waals surface area contributed by atoms with Gasteiger partial charge in [0.05, 0.1) is 0 Å². The van der Waals surface area contributed by atoms with Gasteiger partial charge in [0.25, 0.3) is 0 Å². The second kappa shape index (κ2) is 9.97. The summed E-state index contributed by atoms with van der Waals surface area (Å²) in [4.78, 5) is 21.3. The van der Waals surface area contributed by atoms with Crippen molar-refractivity contribution in [3.63, 3.8) is 0 Å². The number of aromatic nitrogens is 1. The molecule has 1 N–H and O–H groups in total. The van der Waals surface area contributed by atoms with Gasteiger partial charge in [0.15, 0.2) is 0 Å². The standard InChI is InChI=1S/C24H30F2N4O2/c1-15(2)19-8-6-7-9-21(19)30(14-18-12-13-29(18)16(3)4)24(31)28-20-11-10-17(5)27-22(20)32-23(25)26/h6-11,15,18,23H,3,12-14H2,1-2,4-5H3,(H,28,31). The van der Waals surface area contributed by atoms with Crippen LogP contribution in [0.1, 0.15) is 44.4 Å². The van der Waals surface area contributed by atoms with Gasteiger partial charge in [-0.2, -0.15) is 8.78 Å². The van der Waals surface area contributed by atoms with E-state index in [1.807, 2.05) is 31.2 Å². The van der Waals surface area contributed by atoms with Crippen LogP contribution in [0.5, 0.6) is 5.88 Å². The first-order valence-corrected chi connectivity index (χ1v) is 10.7. The molecule has 1 unspecified atom stereocenters. The third-order valence-corrected chi connectivity index (χ3v) is 5.56. The molecule has 172 valence electrons. The molecular formula is C24H30F2N4O2. The van der Waals surface area contributed by atoms with E-state index in [0.29, 0.717) is 12.2 Å². The van der Waals surface area contributed by atoms with Gasteiger partial charge in [-0.15, -0.1) is 0 Å². The predicted octanol–water partition coefficient (Wildman–Crippen LogP) is 5.76. The first kappa shape index (κ1) is 23.5. The lowest BCUT2D eigenvalue weighted by molar-refractivity contribution is -0.0523. The number of aryl methyl sites for hydroxylation is 1. The average molecular weight is 445 g/mol. The number of ether oxygens (including phenoxy) is 1. The van der Waals surface area contributed by atoms with E-state index in [1.165, 1.54) is 6.07 Å². The molecule has 2 amide bonds. The van der Waals surface area contributed by atoms with Crippen molar-refractivity contribution in [1.29, 1.82) is 0 Å². The van der Waals surface area contributed by atoms with E-state index >= 15 is 0 Å². The highest BCUT2D eigenvalue weighted by atomic mass is 19.3. The molecule has 8 heteroatoms. The maximum absolute atomic E-state index is 13.5. The number of carbonyl (C=O) groups excluding carboxylic acids is 1. The molecule has 3 rings (SSSR count). The van der Waals surface area contributed by atoms with Crippen LogP contribution in [-0.2, 0) is 0 Å². The van der Waals surface area contributed by atoms with Crippen LogP contribution in [0.4, 0.5) is 25.0 Å². The Labute approximate surface area is 187 Å². The summed E-state index contributed by atoms with van der Waals surface area (Å²) in [5.41, 5.74) is 3.36. The zero-order valence-corrected chi connectivity index (χ0v) is 18.9. The number of benzene rings is 1. The number of allylic oxidation sites excluding steroid dienone is 1. The van der Waals surface area contributed by atoms with E-state index in [2.05, 4.69) is 40.4 Å². The third-order valence-electron chi connectivity index (χ3n) is 5.56. The number of likely N-dealkylation sites (tertiary alicyclic amines) is 1. The lowest BCUT2D eigenvalue weighted by Gasteiger charge is -2.45. The molecule has 32 heavy (non-hydrogen) atoms. The Morgan fingerprint density at radius 2 is 2.03 bits per heavy atom. The van der Waals surface area contributed by atoms with Gasteiger partial charge < -0.3 is 15.0 Å². The lowest BCUT2D eigenvalue weighted by atomic mass is 9.98. The molecule has 1 aliphatic rings. The molecule has 0 radical (unpaired) electrons. The molecule has 0 saturated carbocycles. The normalized spacial score (nSPS) is 15.5. The molecule has 2 heterocycles. The molecule has 1 aromatic heterocycles. The number of hydrogen-bond acceptors (Lipinski definition) is 4. The molecule has 6 nitrogen and oxygen atoms in total. The van der Waals surface area contributed by atoms with Gasteiger partial charge in [-0.3, -0.25) is 4.90 Å². The summed E-state index contributed by atoms with van der Waals surface area (Å²) in [6.45, 7) is 10.1. The van der Waals surface area contributed by atoms with Gasteiger partial charge in [-0.1, -0.05) is 38.6 Å². The Morgan fingerprint density at radius 3 is 2.62 bits per heavy atom. The molecule has 1 atom stereocenters. The van der Waals surface area contributed by atoms with Crippen LogP contribution >= 0.6 is 0 Å². The van der Waals surface area contributed by atoms with Gasteiger partial charge >= 0.3 is 12.6 Å². The van der Waals surface area contributed by atoms with Crippen molar-refractivity contribution < 1.29 is 18.3 Å². The van der Waals surface area contributed by atoms with Crippen molar-refractivity contribution in [3.8, 4) is 5.88 Å². The Balaban J connectivity index is 1.94. The minimum atomic E-state index is -3.04. The van der Waals surface area contributed by atoms with Gasteiger partial charge in [0, 0.05) is 36.2 Å². The fraction of sp³-hybridized carbons (Fsp3) is 0.417. The number of carbonyl (C=O) groups is 1. The molecule has 1 fully saturated rings. The van der Waals surface area contributed by atoms with E-state index < -0.39 is 12.6 Å². The average Bonchev–Trinajstić information content (AvgIpc) is 2.68. The van der Waals surface area contributed by atoms with Crippen molar-refractivity contribution in [2.75, 3.05) is 23.3 Å². The topological polar surface area (TPSA) is 57.7 Å². The third kappa shape index (κ3) is 5.36. The molecular weight excluding hydrogens is 414 g/mol. The van der Waals surface area contributed by atoms with Crippen LogP contribution in [0, 0.1) is 6.92 Å². The fourth-order valence-corrected chi connectivity index (χ4v) is 3.84. The highest BCUT2D eigenvalue weighted by Crippen LogP contribution is 2.32. The predicted molar refractivity (Wildman–Crippen MR) is 122 cm³/mol. The van der Waals surface area contributed by atoms with E-state index in [9.17, 15) is 13.6 Å². The highest BCUT2D eigenvalue weighted by Gasteiger charge is 2.32. The van der Waals surface area contributed by atoms with E-state index in [4.69, 9.17) is 0 Å². The molecule has 0 spiro atoms. The number of anilines is 2. The van der Waals surface area contributed by atoms with Crippen molar-refractivity contribution in [2.45, 2.75) is 52.7 Å². The summed E-state index contributed by atoms with van der Waals surface area (Å²) in [6, 6.07) is 10.6. The van der Waals surface area contributed by atoms with Crippen LogP contribution in [-0.4, -0.2) is 41.7 Å². The van der Waals surface area contributed by atoms with Crippen LogP contribution in [0.15, 0.2) is 48.7 Å². The van der Waals surface area contributed by atoms with Crippen LogP contribution in [0.25, 0.3) is 0 Å². The number of nitrogens with one attached hydrogen (secondary N) is 1. The minimum Gasteiger partial charge on any atom is -0.415 e. The van der Waals surface area contributed by atoms with E-state index in [-0.39, 0.29) is 23.5 Å². The second-order valence-corrected chi connectivity index (χ2v) is 8.31. The molecule has 1 saturated heterocycles. The molecule has 2 aromatic rings. The summed E-state index contributed by atoms with van der Waals surface area (Å²) in [6.07, 6.45) is 0.937. The Bertz CT molecular complexity index is 980. The van der Waals surface area contributed by atoms with E-state index in [1.54, 1.807) is 17.9 Å². The van der Waals surface area contributed by atoms with E-state index in [0.717, 1.165) is 29.9 Å². The van der Waals surface area contributed by atoms with Crippen LogP contribution in [0.3, 0.4) is 0 Å². The first-order valence-electron chi connectivity index (χ1n) is 10.7. The zero-order chi connectivity index (χ0) is 23.4. The van der Waals surface area contributed by atoms with Gasteiger partial charge in [0.2, 0.25) is 5.88 Å². The number of pyridine rings is 1. The molecule has 0 bridgehead atoms. The van der Waals surface area contributed by atoms with Crippen molar-refractivity contribution >= 4 is 17.4 Å². The number of amides is 2. The quantitative estimate of drug-likeness (QED) is 0.562. The minimum absolute atomic E-state index is 0.0956. The van der Waals surface area contributed by atoms with Crippen molar-refractivity contribution in [2.24, 2.45) is 0 Å². The second-order valence-electron chi connectivity index (χ2n) is 8.31. The smallest absolute Gasteiger partial charge is 0.388 e. The number of alkyl halides is 2. The highest BCUT2D eigenvalue weighted by molar-refractivity contribution is 6.03. The lowest BCUT2D eigenvalue weighted by Crippen LogP contribution is -2.54. The summed E-state index contributed by atoms with van der Waals surface area (Å²) in [7, 11) is 0. The summed E-state index contributed by atoms with van der Waals surface area (Å²) in [5, 5.41) is 2.73. The number of halogens is 2. The maximum atomic E-state index is 13.5. The van der Waals surface area contributed by atoms with Gasteiger partial charge in [-0.25, -0.2) is 9.78 Å². The Hall–Kier alpha value is -3.16. The summed E-state index contributed by atoms with van der Waals surface area (Å²) >= 11 is 0. The summed E-state index contributed by atoms with van der Waals surface area (Å²) < 4.78 is 30.3. The van der Waals surface area contributed by atoms with Crippen LogP contribution < -0.4 is 15.0 Å². The van der Waals surface area contributed by atoms with Crippen LogP contribution in [0.2, 0.25) is 0 Å². The first-order chi connectivity index (χ1) is 15.2. The summed E-state index contributed by atoms with van der Waals surface area (Å²) in [5.74, 6) is -0.114. The monoisotopic (exact) mass is 444 g/mol.